The average Bonchev–Trinajstić information content (AvgIpc) is 2.60. The number of nitrogens with zero attached hydrogens (tertiary/aromatic N) is 1. The van der Waals surface area contributed by atoms with Crippen molar-refractivity contribution in [2.75, 3.05) is 0 Å². The van der Waals surface area contributed by atoms with Crippen LogP contribution in [0.5, 0.6) is 0 Å². The van der Waals surface area contributed by atoms with Crippen LogP contribution in [0.2, 0.25) is 5.02 Å². The summed E-state index contributed by atoms with van der Waals surface area (Å²) in [7, 11) is -4.12. The number of benzene rings is 2. The monoisotopic (exact) mass is 407 g/mol. The molecular formula is C20H16ClF2NO2S. The van der Waals surface area contributed by atoms with Gasteiger partial charge in [0, 0.05) is 10.6 Å². The summed E-state index contributed by atoms with van der Waals surface area (Å²) < 4.78 is 53.6. The van der Waals surface area contributed by atoms with Gasteiger partial charge in [-0.15, -0.1) is 6.58 Å². The van der Waals surface area contributed by atoms with Crippen molar-refractivity contribution >= 4 is 21.4 Å². The first-order valence-corrected chi connectivity index (χ1v) is 10.0. The minimum absolute atomic E-state index is 0.0549. The van der Waals surface area contributed by atoms with Crippen LogP contribution >= 0.6 is 11.6 Å². The van der Waals surface area contributed by atoms with E-state index in [4.69, 9.17) is 11.6 Å². The summed E-state index contributed by atoms with van der Waals surface area (Å²) >= 11 is 5.84. The number of rotatable bonds is 5. The molecule has 0 heterocycles. The molecule has 1 aliphatic rings. The summed E-state index contributed by atoms with van der Waals surface area (Å²) in [6, 6.07) is 10.4. The number of allylic oxidation sites excluding steroid dienone is 1. The molecule has 0 aromatic heterocycles. The molecule has 2 aromatic carbocycles. The molecule has 27 heavy (non-hydrogen) atoms. The van der Waals surface area contributed by atoms with Crippen LogP contribution in [0, 0.1) is 28.4 Å². The van der Waals surface area contributed by atoms with Crippen LogP contribution in [0.25, 0.3) is 0 Å². The minimum atomic E-state index is -4.12. The Balaban J connectivity index is 2.21. The Hall–Kier alpha value is -2.23. The third-order valence-corrected chi connectivity index (χ3v) is 7.76. The molecule has 1 aliphatic carbocycles. The number of hydrogen-bond donors (Lipinski definition) is 0. The fraction of sp³-hybridized carbons (Fsp3) is 0.250. The van der Waals surface area contributed by atoms with E-state index in [0.29, 0.717) is 5.02 Å². The zero-order valence-electron chi connectivity index (χ0n) is 14.3. The zero-order chi connectivity index (χ0) is 19.9. The van der Waals surface area contributed by atoms with E-state index in [-0.39, 0.29) is 29.7 Å². The van der Waals surface area contributed by atoms with Gasteiger partial charge < -0.3 is 0 Å². The molecule has 140 valence electrons. The molecule has 0 bridgehead atoms. The lowest BCUT2D eigenvalue weighted by atomic mass is 9.58. The maximum Gasteiger partial charge on any atom is 0.188 e. The van der Waals surface area contributed by atoms with Crippen molar-refractivity contribution in [1.29, 1.82) is 5.26 Å². The van der Waals surface area contributed by atoms with Crippen molar-refractivity contribution in [3.63, 3.8) is 0 Å². The molecule has 0 N–H and O–H groups in total. The second-order valence-corrected chi connectivity index (χ2v) is 9.51. The summed E-state index contributed by atoms with van der Waals surface area (Å²) in [5, 5.41) is 9.92. The molecule has 0 radical (unpaired) electrons. The molecule has 0 amide bonds. The molecule has 0 spiro atoms. The van der Waals surface area contributed by atoms with Gasteiger partial charge in [0.05, 0.1) is 16.4 Å². The molecule has 1 fully saturated rings. The first kappa shape index (κ1) is 19.5. The Labute approximate surface area is 161 Å². The van der Waals surface area contributed by atoms with Crippen LogP contribution < -0.4 is 0 Å². The summed E-state index contributed by atoms with van der Waals surface area (Å²) in [6.45, 7) is 3.61. The van der Waals surface area contributed by atoms with Crippen LogP contribution in [0.15, 0.2) is 60.0 Å². The van der Waals surface area contributed by atoms with E-state index in [0.717, 1.165) is 18.2 Å². The van der Waals surface area contributed by atoms with Gasteiger partial charge in [-0.05, 0) is 61.7 Å². The molecule has 7 heteroatoms. The number of halogens is 3. The molecule has 0 atom stereocenters. The van der Waals surface area contributed by atoms with E-state index in [1.807, 2.05) is 0 Å². The van der Waals surface area contributed by atoms with Gasteiger partial charge in [-0.2, -0.15) is 5.26 Å². The van der Waals surface area contributed by atoms with E-state index < -0.39 is 31.6 Å². The van der Waals surface area contributed by atoms with Crippen LogP contribution in [0.3, 0.4) is 0 Å². The van der Waals surface area contributed by atoms with Gasteiger partial charge in [0.25, 0.3) is 0 Å². The molecule has 0 unspecified atom stereocenters. The van der Waals surface area contributed by atoms with E-state index in [9.17, 15) is 22.5 Å². The highest BCUT2D eigenvalue weighted by Crippen LogP contribution is 2.62. The predicted molar refractivity (Wildman–Crippen MR) is 98.8 cm³/mol. The third kappa shape index (κ3) is 3.05. The van der Waals surface area contributed by atoms with Crippen molar-refractivity contribution in [2.45, 2.75) is 28.9 Å². The van der Waals surface area contributed by atoms with Gasteiger partial charge in [0.2, 0.25) is 0 Å². The van der Waals surface area contributed by atoms with Crippen LogP contribution in [-0.4, -0.2) is 8.42 Å². The highest BCUT2D eigenvalue weighted by Gasteiger charge is 2.63. The van der Waals surface area contributed by atoms with Gasteiger partial charge in [-0.25, -0.2) is 17.2 Å². The second kappa shape index (κ2) is 6.74. The Morgan fingerprint density at radius 1 is 1.19 bits per heavy atom. The smallest absolute Gasteiger partial charge is 0.188 e. The fourth-order valence-corrected chi connectivity index (χ4v) is 6.25. The second-order valence-electron chi connectivity index (χ2n) is 6.81. The summed E-state index contributed by atoms with van der Waals surface area (Å²) in [5.74, 6) is -1.56. The summed E-state index contributed by atoms with van der Waals surface area (Å²) in [6.07, 6.45) is 1.50. The van der Waals surface area contributed by atoms with Gasteiger partial charge in [0.1, 0.15) is 16.4 Å². The predicted octanol–water partition coefficient (Wildman–Crippen LogP) is 5.17. The largest absolute Gasteiger partial charge is 0.223 e. The quantitative estimate of drug-likeness (QED) is 0.642. The Morgan fingerprint density at radius 2 is 1.81 bits per heavy atom. The summed E-state index contributed by atoms with van der Waals surface area (Å²) in [4.78, 5) is -0.0549. The number of hydrogen-bond acceptors (Lipinski definition) is 3. The average molecular weight is 408 g/mol. The maximum absolute atomic E-state index is 14.6. The topological polar surface area (TPSA) is 57.9 Å². The molecule has 1 saturated carbocycles. The normalized spacial score (nSPS) is 24.7. The fourth-order valence-electron chi connectivity index (χ4n) is 3.80. The Bertz CT molecular complexity index is 1040. The number of nitriles is 1. The lowest BCUT2D eigenvalue weighted by molar-refractivity contribution is 0.137. The lowest BCUT2D eigenvalue weighted by Gasteiger charge is -2.51. The molecule has 0 saturated heterocycles. The highest BCUT2D eigenvalue weighted by molar-refractivity contribution is 7.92. The van der Waals surface area contributed by atoms with Gasteiger partial charge >= 0.3 is 0 Å². The molecule has 3 nitrogen and oxygen atoms in total. The van der Waals surface area contributed by atoms with E-state index in [1.54, 1.807) is 0 Å². The standard InChI is InChI=1S/C20H16ClF2NO2S/c1-2-9-19(13-24)11-20(12-19,17-10-15(22)5-8-18(17)23)27(25,26)16-6-3-14(21)4-7-16/h2-8,10H,1,9,11-12H2/t19-,20-. The first-order valence-electron chi connectivity index (χ1n) is 8.18. The Kier molecular flexibility index (Phi) is 4.87. The molecule has 2 aromatic rings. The van der Waals surface area contributed by atoms with Crippen LogP contribution in [-0.2, 0) is 14.6 Å². The first-order chi connectivity index (χ1) is 12.7. The third-order valence-electron chi connectivity index (χ3n) is 5.08. The molecule has 3 rings (SSSR count). The Morgan fingerprint density at radius 3 is 2.37 bits per heavy atom. The highest BCUT2D eigenvalue weighted by atomic mass is 35.5. The van der Waals surface area contributed by atoms with Crippen molar-refractivity contribution in [3.8, 4) is 6.07 Å². The van der Waals surface area contributed by atoms with Crippen LogP contribution in [0.4, 0.5) is 8.78 Å². The maximum atomic E-state index is 14.6. The van der Waals surface area contributed by atoms with Gasteiger partial charge in [-0.3, -0.25) is 0 Å². The van der Waals surface area contributed by atoms with E-state index in [2.05, 4.69) is 12.6 Å². The zero-order valence-corrected chi connectivity index (χ0v) is 15.8. The van der Waals surface area contributed by atoms with Crippen molar-refractivity contribution in [2.24, 2.45) is 5.41 Å². The summed E-state index contributed by atoms with van der Waals surface area (Å²) in [5.41, 5.74) is -1.24. The van der Waals surface area contributed by atoms with E-state index in [1.165, 1.54) is 30.3 Å². The number of sulfone groups is 1. The van der Waals surface area contributed by atoms with Crippen LogP contribution in [0.1, 0.15) is 24.8 Å². The SMILES string of the molecule is C=CC[C@]1(C#N)C[C@](c2cc(F)ccc2F)(S(=O)(=O)c2ccc(Cl)cc2)C1. The molecule has 0 aliphatic heterocycles. The minimum Gasteiger partial charge on any atom is -0.223 e. The van der Waals surface area contributed by atoms with E-state index >= 15 is 0 Å². The molecular weight excluding hydrogens is 392 g/mol. The van der Waals surface area contributed by atoms with Crippen molar-refractivity contribution < 1.29 is 17.2 Å². The van der Waals surface area contributed by atoms with Crippen molar-refractivity contribution in [1.82, 2.24) is 0 Å². The van der Waals surface area contributed by atoms with Gasteiger partial charge in [0.15, 0.2) is 9.84 Å². The van der Waals surface area contributed by atoms with Crippen molar-refractivity contribution in [3.05, 3.63) is 77.3 Å². The van der Waals surface area contributed by atoms with Gasteiger partial charge in [-0.1, -0.05) is 17.7 Å². The lowest BCUT2D eigenvalue weighted by Crippen LogP contribution is -2.54.